The molecule has 0 amide bonds. The first-order valence-corrected chi connectivity index (χ1v) is 8.39. The second-order valence-corrected chi connectivity index (χ2v) is 6.46. The van der Waals surface area contributed by atoms with Crippen LogP contribution in [0.4, 0.5) is 0 Å². The molecule has 1 aromatic carbocycles. The quantitative estimate of drug-likeness (QED) is 0.614. The monoisotopic (exact) mass is 357 g/mol. The van der Waals surface area contributed by atoms with Crippen LogP contribution >= 0.6 is 15.9 Å². The van der Waals surface area contributed by atoms with Gasteiger partial charge in [-0.15, -0.1) is 0 Å². The summed E-state index contributed by atoms with van der Waals surface area (Å²) in [6, 6.07) is 8.64. The van der Waals surface area contributed by atoms with Crippen LogP contribution in [0.1, 0.15) is 18.9 Å². The lowest BCUT2D eigenvalue weighted by Gasteiger charge is -2.24. The Morgan fingerprint density at radius 3 is 2.38 bits per heavy atom. The Hall–Kier alpha value is -0.420. The van der Waals surface area contributed by atoms with Crippen LogP contribution in [0.2, 0.25) is 0 Å². The molecule has 0 aromatic heterocycles. The summed E-state index contributed by atoms with van der Waals surface area (Å²) in [5, 5.41) is 3.50. The van der Waals surface area contributed by atoms with Gasteiger partial charge in [-0.05, 0) is 48.9 Å². The summed E-state index contributed by atoms with van der Waals surface area (Å²) >= 11 is 3.49. The number of nitrogens with one attached hydrogen (secondary N) is 1. The van der Waals surface area contributed by atoms with Crippen LogP contribution in [0.5, 0.6) is 0 Å². The lowest BCUT2D eigenvalue weighted by molar-refractivity contribution is 0.161. The van der Waals surface area contributed by atoms with Crippen LogP contribution < -0.4 is 5.32 Å². The number of methoxy groups -OCH3 is 2. The largest absolute Gasteiger partial charge is 0.385 e. The third-order valence-electron chi connectivity index (χ3n) is 3.88. The summed E-state index contributed by atoms with van der Waals surface area (Å²) < 4.78 is 11.5. The summed E-state index contributed by atoms with van der Waals surface area (Å²) in [4.78, 5) is 0. The minimum atomic E-state index is 0.609. The van der Waals surface area contributed by atoms with Crippen molar-refractivity contribution in [1.29, 1.82) is 0 Å². The lowest BCUT2D eigenvalue weighted by atomic mass is 9.86. The van der Waals surface area contributed by atoms with Crippen molar-refractivity contribution in [2.75, 3.05) is 40.5 Å². The molecule has 1 N–H and O–H groups in total. The van der Waals surface area contributed by atoms with Gasteiger partial charge in [0, 0.05) is 31.8 Å². The Balaban J connectivity index is 2.54. The molecule has 0 bridgehead atoms. The van der Waals surface area contributed by atoms with Gasteiger partial charge in [0.1, 0.15) is 0 Å². The maximum Gasteiger partial charge on any atom is 0.0587 e. The zero-order valence-electron chi connectivity index (χ0n) is 13.4. The number of ether oxygens (including phenoxy) is 2. The highest BCUT2D eigenvalue weighted by Crippen LogP contribution is 2.21. The van der Waals surface area contributed by atoms with Crippen molar-refractivity contribution >= 4 is 15.9 Å². The molecule has 0 aliphatic carbocycles. The molecule has 1 aromatic rings. The van der Waals surface area contributed by atoms with Crippen molar-refractivity contribution in [2.24, 2.45) is 11.8 Å². The zero-order valence-corrected chi connectivity index (χ0v) is 15.0. The van der Waals surface area contributed by atoms with Gasteiger partial charge in [-0.2, -0.15) is 0 Å². The maximum atomic E-state index is 5.23. The molecule has 4 heteroatoms. The van der Waals surface area contributed by atoms with Gasteiger partial charge >= 0.3 is 0 Å². The van der Waals surface area contributed by atoms with E-state index >= 15 is 0 Å². The molecule has 0 saturated heterocycles. The molecular formula is C17H28BrNO2. The predicted molar refractivity (Wildman–Crippen MR) is 91.7 cm³/mol. The van der Waals surface area contributed by atoms with Gasteiger partial charge in [-0.3, -0.25) is 0 Å². The Morgan fingerprint density at radius 1 is 1.10 bits per heavy atom. The maximum absolute atomic E-state index is 5.23. The normalized spacial score (nSPS) is 14.1. The van der Waals surface area contributed by atoms with Crippen molar-refractivity contribution < 1.29 is 9.47 Å². The van der Waals surface area contributed by atoms with E-state index in [2.05, 4.69) is 52.4 Å². The SMILES string of the molecule is COCCNCC(Cc1ccc(Br)cc1)C(C)CCOC. The van der Waals surface area contributed by atoms with E-state index in [1.807, 2.05) is 0 Å². The van der Waals surface area contributed by atoms with Gasteiger partial charge in [0.05, 0.1) is 6.61 Å². The lowest BCUT2D eigenvalue weighted by Crippen LogP contribution is -2.31. The predicted octanol–water partition coefficient (Wildman–Crippen LogP) is 3.52. The molecule has 1 rings (SSSR count). The van der Waals surface area contributed by atoms with Crippen molar-refractivity contribution in [3.63, 3.8) is 0 Å². The van der Waals surface area contributed by atoms with E-state index in [9.17, 15) is 0 Å². The number of rotatable bonds is 11. The summed E-state index contributed by atoms with van der Waals surface area (Å²) in [5.41, 5.74) is 1.39. The Labute approximate surface area is 137 Å². The second kappa shape index (κ2) is 11.2. The zero-order chi connectivity index (χ0) is 15.5. The van der Waals surface area contributed by atoms with E-state index in [4.69, 9.17) is 9.47 Å². The van der Waals surface area contributed by atoms with Crippen LogP contribution in [0.3, 0.4) is 0 Å². The number of hydrogen-bond donors (Lipinski definition) is 1. The molecule has 0 aliphatic rings. The van der Waals surface area contributed by atoms with Crippen LogP contribution in [-0.2, 0) is 15.9 Å². The number of hydrogen-bond acceptors (Lipinski definition) is 3. The molecule has 2 atom stereocenters. The molecule has 120 valence electrons. The van der Waals surface area contributed by atoms with Crippen molar-refractivity contribution in [3.8, 4) is 0 Å². The van der Waals surface area contributed by atoms with Gasteiger partial charge in [-0.25, -0.2) is 0 Å². The summed E-state index contributed by atoms with van der Waals surface area (Å²) in [6.07, 6.45) is 2.20. The topological polar surface area (TPSA) is 30.5 Å². The van der Waals surface area contributed by atoms with Crippen LogP contribution in [0, 0.1) is 11.8 Å². The van der Waals surface area contributed by atoms with E-state index in [1.54, 1.807) is 14.2 Å². The molecule has 2 unspecified atom stereocenters. The van der Waals surface area contributed by atoms with E-state index in [1.165, 1.54) is 5.56 Å². The number of benzene rings is 1. The van der Waals surface area contributed by atoms with Crippen molar-refractivity contribution in [2.45, 2.75) is 19.8 Å². The molecule has 0 fully saturated rings. The molecule has 0 radical (unpaired) electrons. The fourth-order valence-electron chi connectivity index (χ4n) is 2.40. The summed E-state index contributed by atoms with van der Waals surface area (Å²) in [6.45, 7) is 5.84. The first-order valence-electron chi connectivity index (χ1n) is 7.60. The highest BCUT2D eigenvalue weighted by molar-refractivity contribution is 9.10. The van der Waals surface area contributed by atoms with Crippen molar-refractivity contribution in [3.05, 3.63) is 34.3 Å². The third-order valence-corrected chi connectivity index (χ3v) is 4.41. The van der Waals surface area contributed by atoms with E-state index in [-0.39, 0.29) is 0 Å². The summed E-state index contributed by atoms with van der Waals surface area (Å²) in [5.74, 6) is 1.24. The van der Waals surface area contributed by atoms with Gasteiger partial charge in [-0.1, -0.05) is 35.0 Å². The summed E-state index contributed by atoms with van der Waals surface area (Å²) in [7, 11) is 3.51. The standard InChI is InChI=1S/C17H28BrNO2/c1-14(8-10-20-2)16(13-19-9-11-21-3)12-15-4-6-17(18)7-5-15/h4-7,14,16,19H,8-13H2,1-3H3. The van der Waals surface area contributed by atoms with Crippen molar-refractivity contribution in [1.82, 2.24) is 5.32 Å². The average molecular weight is 358 g/mol. The third kappa shape index (κ3) is 7.96. The van der Waals surface area contributed by atoms with Crippen LogP contribution in [0.15, 0.2) is 28.7 Å². The first-order chi connectivity index (χ1) is 10.2. The average Bonchev–Trinajstić information content (AvgIpc) is 2.50. The van der Waals surface area contributed by atoms with E-state index in [0.29, 0.717) is 11.8 Å². The minimum Gasteiger partial charge on any atom is -0.385 e. The molecule has 3 nitrogen and oxygen atoms in total. The Bertz CT molecular complexity index is 370. The Kier molecular flexibility index (Phi) is 9.92. The Morgan fingerprint density at radius 2 is 1.76 bits per heavy atom. The molecule has 0 heterocycles. The van der Waals surface area contributed by atoms with Gasteiger partial charge in [0.25, 0.3) is 0 Å². The molecule has 0 saturated carbocycles. The fraction of sp³-hybridized carbons (Fsp3) is 0.647. The highest BCUT2D eigenvalue weighted by Gasteiger charge is 2.17. The highest BCUT2D eigenvalue weighted by atomic mass is 79.9. The van der Waals surface area contributed by atoms with Gasteiger partial charge in [0.15, 0.2) is 0 Å². The first kappa shape index (κ1) is 18.6. The number of halogens is 1. The van der Waals surface area contributed by atoms with E-state index < -0.39 is 0 Å². The van der Waals surface area contributed by atoms with Crippen LogP contribution in [-0.4, -0.2) is 40.5 Å². The fourth-order valence-corrected chi connectivity index (χ4v) is 2.66. The molecular weight excluding hydrogens is 330 g/mol. The van der Waals surface area contributed by atoms with Gasteiger partial charge < -0.3 is 14.8 Å². The molecule has 0 spiro atoms. The van der Waals surface area contributed by atoms with Gasteiger partial charge in [0.2, 0.25) is 0 Å². The second-order valence-electron chi connectivity index (χ2n) is 5.55. The van der Waals surface area contributed by atoms with E-state index in [0.717, 1.165) is 43.6 Å². The molecule has 21 heavy (non-hydrogen) atoms. The molecule has 0 aliphatic heterocycles. The van der Waals surface area contributed by atoms with Crippen LogP contribution in [0.25, 0.3) is 0 Å². The minimum absolute atomic E-state index is 0.609. The smallest absolute Gasteiger partial charge is 0.0587 e.